The molecule has 2 rings (SSSR count). The number of carbonyl (C=O) groups excluding carboxylic acids is 1. The molecule has 24 heavy (non-hydrogen) atoms. The molecule has 0 saturated carbocycles. The van der Waals surface area contributed by atoms with Crippen molar-refractivity contribution in [3.8, 4) is 11.5 Å². The molecule has 126 valence electrons. The van der Waals surface area contributed by atoms with E-state index in [2.05, 4.69) is 10.5 Å². The highest BCUT2D eigenvalue weighted by atomic mass is 16.5. The molecule has 0 spiro atoms. The summed E-state index contributed by atoms with van der Waals surface area (Å²) in [7, 11) is 0. The van der Waals surface area contributed by atoms with Gasteiger partial charge in [0.05, 0.1) is 12.8 Å². The molecule has 1 atom stereocenters. The molecule has 0 bridgehead atoms. The topological polar surface area (TPSA) is 59.9 Å². The average molecular weight is 326 g/mol. The Labute approximate surface area is 142 Å². The van der Waals surface area contributed by atoms with Gasteiger partial charge in [-0.05, 0) is 68.3 Å². The van der Waals surface area contributed by atoms with Crippen LogP contribution in [0.3, 0.4) is 0 Å². The minimum Gasteiger partial charge on any atom is -0.494 e. The minimum absolute atomic E-state index is 0.307. The van der Waals surface area contributed by atoms with Crippen molar-refractivity contribution in [2.75, 3.05) is 6.61 Å². The fraction of sp³-hybridized carbons (Fsp3) is 0.263. The number of hydrogen-bond acceptors (Lipinski definition) is 4. The Kier molecular flexibility index (Phi) is 6.37. The summed E-state index contributed by atoms with van der Waals surface area (Å²) in [4.78, 5) is 12.0. The van der Waals surface area contributed by atoms with Gasteiger partial charge in [0.2, 0.25) is 0 Å². The van der Waals surface area contributed by atoms with Gasteiger partial charge in [-0.3, -0.25) is 4.79 Å². The highest BCUT2D eigenvalue weighted by Crippen LogP contribution is 2.14. The molecule has 0 aromatic heterocycles. The lowest BCUT2D eigenvalue weighted by molar-refractivity contribution is -0.127. The number of carbonyl (C=O) groups is 1. The molecule has 0 aliphatic heterocycles. The Bertz CT molecular complexity index is 696. The van der Waals surface area contributed by atoms with E-state index in [1.54, 1.807) is 13.1 Å². The molecule has 0 fully saturated rings. The maximum absolute atomic E-state index is 12.0. The molecule has 1 unspecified atom stereocenters. The van der Waals surface area contributed by atoms with Gasteiger partial charge in [0, 0.05) is 0 Å². The minimum atomic E-state index is -0.635. The second-order valence-corrected chi connectivity index (χ2v) is 5.31. The van der Waals surface area contributed by atoms with E-state index in [1.807, 2.05) is 62.4 Å². The Morgan fingerprint density at radius 2 is 1.96 bits per heavy atom. The van der Waals surface area contributed by atoms with E-state index in [4.69, 9.17) is 9.47 Å². The standard InChI is InChI=1S/C19H22N2O3/c1-4-23-17-10-8-16(9-11-17)13-20-21-19(22)15(3)24-18-7-5-6-14(2)12-18/h5-13,15H,4H2,1-3H3,(H,21,22)/b20-13+. The summed E-state index contributed by atoms with van der Waals surface area (Å²) in [5.74, 6) is 1.16. The Morgan fingerprint density at radius 1 is 1.21 bits per heavy atom. The predicted molar refractivity (Wildman–Crippen MR) is 94.6 cm³/mol. The molecule has 0 radical (unpaired) electrons. The monoisotopic (exact) mass is 326 g/mol. The van der Waals surface area contributed by atoms with E-state index in [-0.39, 0.29) is 5.91 Å². The first-order valence-corrected chi connectivity index (χ1v) is 7.87. The van der Waals surface area contributed by atoms with Crippen LogP contribution in [-0.2, 0) is 4.79 Å². The molecular weight excluding hydrogens is 304 g/mol. The molecule has 0 saturated heterocycles. The van der Waals surface area contributed by atoms with Crippen LogP contribution in [0.1, 0.15) is 25.0 Å². The smallest absolute Gasteiger partial charge is 0.280 e. The molecule has 0 heterocycles. The van der Waals surface area contributed by atoms with E-state index < -0.39 is 6.10 Å². The first-order chi connectivity index (χ1) is 11.6. The third-order valence-corrected chi connectivity index (χ3v) is 3.25. The van der Waals surface area contributed by atoms with Crippen molar-refractivity contribution in [1.82, 2.24) is 5.43 Å². The lowest BCUT2D eigenvalue weighted by Crippen LogP contribution is -2.33. The van der Waals surface area contributed by atoms with Crippen molar-refractivity contribution in [3.63, 3.8) is 0 Å². The largest absolute Gasteiger partial charge is 0.494 e. The Balaban J connectivity index is 1.85. The van der Waals surface area contributed by atoms with Crippen LogP contribution >= 0.6 is 0 Å². The van der Waals surface area contributed by atoms with Crippen LogP contribution in [0.15, 0.2) is 53.6 Å². The third-order valence-electron chi connectivity index (χ3n) is 3.25. The number of ether oxygens (including phenoxy) is 2. The zero-order chi connectivity index (χ0) is 17.4. The first-order valence-electron chi connectivity index (χ1n) is 7.87. The summed E-state index contributed by atoms with van der Waals surface area (Å²) in [6.45, 7) is 6.22. The summed E-state index contributed by atoms with van der Waals surface area (Å²) in [5, 5.41) is 3.95. The van der Waals surface area contributed by atoms with Crippen LogP contribution in [0, 0.1) is 6.92 Å². The van der Waals surface area contributed by atoms with Gasteiger partial charge in [0.1, 0.15) is 11.5 Å². The summed E-state index contributed by atoms with van der Waals surface area (Å²) >= 11 is 0. The zero-order valence-electron chi connectivity index (χ0n) is 14.2. The lowest BCUT2D eigenvalue weighted by atomic mass is 10.2. The number of rotatable bonds is 7. The van der Waals surface area contributed by atoms with Gasteiger partial charge in [-0.1, -0.05) is 12.1 Å². The van der Waals surface area contributed by atoms with Crippen molar-refractivity contribution in [2.45, 2.75) is 26.9 Å². The summed E-state index contributed by atoms with van der Waals surface area (Å²) in [5.41, 5.74) is 4.42. The molecule has 1 N–H and O–H groups in total. The molecular formula is C19H22N2O3. The number of hydrogen-bond donors (Lipinski definition) is 1. The molecule has 2 aromatic carbocycles. The fourth-order valence-corrected chi connectivity index (χ4v) is 2.02. The Hall–Kier alpha value is -2.82. The number of aryl methyl sites for hydroxylation is 1. The highest BCUT2D eigenvalue weighted by Gasteiger charge is 2.13. The highest BCUT2D eigenvalue weighted by molar-refractivity contribution is 5.84. The van der Waals surface area contributed by atoms with Crippen LogP contribution in [0.25, 0.3) is 0 Å². The third kappa shape index (κ3) is 5.43. The van der Waals surface area contributed by atoms with Gasteiger partial charge in [-0.15, -0.1) is 0 Å². The van der Waals surface area contributed by atoms with E-state index >= 15 is 0 Å². The second kappa shape index (κ2) is 8.72. The number of amides is 1. The first kappa shape index (κ1) is 17.5. The maximum Gasteiger partial charge on any atom is 0.280 e. The number of nitrogens with one attached hydrogen (secondary N) is 1. The maximum atomic E-state index is 12.0. The van der Waals surface area contributed by atoms with Gasteiger partial charge < -0.3 is 9.47 Å². The van der Waals surface area contributed by atoms with Crippen LogP contribution < -0.4 is 14.9 Å². The van der Waals surface area contributed by atoms with E-state index in [1.165, 1.54) is 0 Å². The summed E-state index contributed by atoms with van der Waals surface area (Å²) in [6, 6.07) is 15.0. The normalized spacial score (nSPS) is 12.0. The predicted octanol–water partition coefficient (Wildman–Crippen LogP) is 3.31. The average Bonchev–Trinajstić information content (AvgIpc) is 2.56. The van der Waals surface area contributed by atoms with Crippen molar-refractivity contribution in [3.05, 3.63) is 59.7 Å². The van der Waals surface area contributed by atoms with Crippen LogP contribution in [0.5, 0.6) is 11.5 Å². The SMILES string of the molecule is CCOc1ccc(/C=N/NC(=O)C(C)Oc2cccc(C)c2)cc1. The van der Waals surface area contributed by atoms with Crippen molar-refractivity contribution in [1.29, 1.82) is 0 Å². The van der Waals surface area contributed by atoms with Gasteiger partial charge in [0.15, 0.2) is 6.10 Å². The van der Waals surface area contributed by atoms with Crippen molar-refractivity contribution >= 4 is 12.1 Å². The van der Waals surface area contributed by atoms with Gasteiger partial charge in [-0.25, -0.2) is 5.43 Å². The molecule has 0 aliphatic rings. The number of benzene rings is 2. The second-order valence-electron chi connectivity index (χ2n) is 5.31. The van der Waals surface area contributed by atoms with Gasteiger partial charge in [-0.2, -0.15) is 5.10 Å². The van der Waals surface area contributed by atoms with Crippen LogP contribution in [0.2, 0.25) is 0 Å². The Morgan fingerprint density at radius 3 is 2.62 bits per heavy atom. The fourth-order valence-electron chi connectivity index (χ4n) is 2.02. The molecule has 0 aliphatic carbocycles. The van der Waals surface area contributed by atoms with Crippen molar-refractivity contribution < 1.29 is 14.3 Å². The van der Waals surface area contributed by atoms with Gasteiger partial charge >= 0.3 is 0 Å². The molecule has 2 aromatic rings. The summed E-state index contributed by atoms with van der Waals surface area (Å²) < 4.78 is 11.0. The number of hydrazone groups is 1. The van der Waals surface area contributed by atoms with E-state index in [9.17, 15) is 4.79 Å². The van der Waals surface area contributed by atoms with Crippen LogP contribution in [-0.4, -0.2) is 24.8 Å². The van der Waals surface area contributed by atoms with E-state index in [0.29, 0.717) is 12.4 Å². The molecule has 1 amide bonds. The number of nitrogens with zero attached hydrogens (tertiary/aromatic N) is 1. The van der Waals surface area contributed by atoms with Crippen LogP contribution in [0.4, 0.5) is 0 Å². The summed E-state index contributed by atoms with van der Waals surface area (Å²) in [6.07, 6.45) is 0.941. The van der Waals surface area contributed by atoms with Gasteiger partial charge in [0.25, 0.3) is 5.91 Å². The van der Waals surface area contributed by atoms with E-state index in [0.717, 1.165) is 16.9 Å². The zero-order valence-corrected chi connectivity index (χ0v) is 14.2. The quantitative estimate of drug-likeness (QED) is 0.627. The lowest BCUT2D eigenvalue weighted by Gasteiger charge is -2.13. The molecule has 5 nitrogen and oxygen atoms in total. The van der Waals surface area contributed by atoms with Crippen molar-refractivity contribution in [2.24, 2.45) is 5.10 Å². The molecule has 5 heteroatoms.